The van der Waals surface area contributed by atoms with Crippen LogP contribution in [-0.4, -0.2) is 38.8 Å². The molecule has 1 heterocycles. The first-order valence-corrected chi connectivity index (χ1v) is 5.38. The molecule has 1 unspecified atom stereocenters. The molecule has 0 aromatic carbocycles. The fourth-order valence-corrected chi connectivity index (χ4v) is 1.58. The Morgan fingerprint density at radius 1 is 1.57 bits per heavy atom. The van der Waals surface area contributed by atoms with Crippen LogP contribution in [0.3, 0.4) is 0 Å². The van der Waals surface area contributed by atoms with E-state index in [1.165, 1.54) is 6.42 Å². The Morgan fingerprint density at radius 2 is 2.43 bits per heavy atom. The van der Waals surface area contributed by atoms with E-state index in [0.29, 0.717) is 19.0 Å². The predicted molar refractivity (Wildman–Crippen MR) is 55.1 cm³/mol. The van der Waals surface area contributed by atoms with Crippen LogP contribution in [0.1, 0.15) is 19.8 Å². The smallest absolute Gasteiger partial charge is 0.233 e. The zero-order chi connectivity index (χ0) is 10.2. The third kappa shape index (κ3) is 4.58. The molecule has 1 amide bonds. The maximum absolute atomic E-state index is 11.0. The van der Waals surface area contributed by atoms with Gasteiger partial charge in [-0.1, -0.05) is 0 Å². The standard InChI is InChI=1S/C10H20N2O2/c1-2-12-10(13)7-11-5-3-9-4-6-14-8-9/h9,11H,2-8H2,1H3,(H,12,13). The Balaban J connectivity index is 1.90. The van der Waals surface area contributed by atoms with E-state index in [0.717, 1.165) is 26.2 Å². The molecule has 0 radical (unpaired) electrons. The zero-order valence-electron chi connectivity index (χ0n) is 8.84. The lowest BCUT2D eigenvalue weighted by Crippen LogP contribution is -2.34. The molecule has 0 spiro atoms. The molecule has 1 aliphatic rings. The van der Waals surface area contributed by atoms with E-state index < -0.39 is 0 Å². The van der Waals surface area contributed by atoms with Gasteiger partial charge in [0.15, 0.2) is 0 Å². The Labute approximate surface area is 85.4 Å². The SMILES string of the molecule is CCNC(=O)CNCCC1CCOC1. The Morgan fingerprint density at radius 3 is 3.07 bits per heavy atom. The van der Waals surface area contributed by atoms with E-state index in [1.54, 1.807) is 0 Å². The van der Waals surface area contributed by atoms with Gasteiger partial charge in [0.25, 0.3) is 0 Å². The molecule has 4 heteroatoms. The molecule has 0 bridgehead atoms. The molecule has 1 saturated heterocycles. The lowest BCUT2D eigenvalue weighted by molar-refractivity contribution is -0.120. The van der Waals surface area contributed by atoms with Crippen molar-refractivity contribution in [2.24, 2.45) is 5.92 Å². The van der Waals surface area contributed by atoms with Crippen molar-refractivity contribution in [3.8, 4) is 0 Å². The number of carbonyl (C=O) groups excluding carboxylic acids is 1. The first kappa shape index (κ1) is 11.5. The van der Waals surface area contributed by atoms with Crippen LogP contribution in [0, 0.1) is 5.92 Å². The molecule has 0 aliphatic carbocycles. The highest BCUT2D eigenvalue weighted by Crippen LogP contribution is 2.14. The maximum atomic E-state index is 11.0. The van der Waals surface area contributed by atoms with Crippen LogP contribution in [0.2, 0.25) is 0 Å². The Bertz CT molecular complexity index is 168. The average Bonchev–Trinajstić information content (AvgIpc) is 2.65. The third-order valence-corrected chi connectivity index (χ3v) is 2.41. The van der Waals surface area contributed by atoms with Gasteiger partial charge in [0.05, 0.1) is 6.54 Å². The minimum absolute atomic E-state index is 0.0789. The van der Waals surface area contributed by atoms with Gasteiger partial charge >= 0.3 is 0 Å². The molecular formula is C10H20N2O2. The fourth-order valence-electron chi connectivity index (χ4n) is 1.58. The first-order chi connectivity index (χ1) is 6.83. The maximum Gasteiger partial charge on any atom is 0.233 e. The monoisotopic (exact) mass is 200 g/mol. The van der Waals surface area contributed by atoms with E-state index in [9.17, 15) is 4.79 Å². The van der Waals surface area contributed by atoms with Gasteiger partial charge < -0.3 is 15.4 Å². The summed E-state index contributed by atoms with van der Waals surface area (Å²) in [5.41, 5.74) is 0. The molecule has 0 aromatic heterocycles. The molecule has 0 saturated carbocycles. The zero-order valence-corrected chi connectivity index (χ0v) is 8.84. The second kappa shape index (κ2) is 6.79. The summed E-state index contributed by atoms with van der Waals surface area (Å²) in [6.07, 6.45) is 2.28. The lowest BCUT2D eigenvalue weighted by atomic mass is 10.1. The molecular weight excluding hydrogens is 180 g/mol. The summed E-state index contributed by atoms with van der Waals surface area (Å²) >= 11 is 0. The second-order valence-corrected chi connectivity index (χ2v) is 3.65. The molecule has 4 nitrogen and oxygen atoms in total. The van der Waals surface area contributed by atoms with Gasteiger partial charge in [0, 0.05) is 19.8 Å². The van der Waals surface area contributed by atoms with Gasteiger partial charge in [-0.05, 0) is 32.2 Å². The Kier molecular flexibility index (Phi) is 5.56. The van der Waals surface area contributed by atoms with E-state index in [1.807, 2.05) is 6.92 Å². The van der Waals surface area contributed by atoms with Crippen LogP contribution in [0.15, 0.2) is 0 Å². The van der Waals surface area contributed by atoms with E-state index in [-0.39, 0.29) is 5.91 Å². The van der Waals surface area contributed by atoms with Gasteiger partial charge in [-0.15, -0.1) is 0 Å². The Hall–Kier alpha value is -0.610. The molecule has 0 aromatic rings. The van der Waals surface area contributed by atoms with Crippen LogP contribution < -0.4 is 10.6 Å². The summed E-state index contributed by atoms with van der Waals surface area (Å²) in [5, 5.41) is 5.88. The molecule has 14 heavy (non-hydrogen) atoms. The fraction of sp³-hybridized carbons (Fsp3) is 0.900. The number of hydrogen-bond acceptors (Lipinski definition) is 3. The average molecular weight is 200 g/mol. The topological polar surface area (TPSA) is 50.4 Å². The van der Waals surface area contributed by atoms with Crippen LogP contribution in [-0.2, 0) is 9.53 Å². The van der Waals surface area contributed by atoms with Gasteiger partial charge in [-0.3, -0.25) is 4.79 Å². The lowest BCUT2D eigenvalue weighted by Gasteiger charge is -2.08. The van der Waals surface area contributed by atoms with Crippen LogP contribution in [0.25, 0.3) is 0 Å². The third-order valence-electron chi connectivity index (χ3n) is 2.41. The minimum Gasteiger partial charge on any atom is -0.381 e. The van der Waals surface area contributed by atoms with Gasteiger partial charge in [0.2, 0.25) is 5.91 Å². The normalized spacial score (nSPS) is 21.1. The first-order valence-electron chi connectivity index (χ1n) is 5.38. The highest BCUT2D eigenvalue weighted by atomic mass is 16.5. The highest BCUT2D eigenvalue weighted by molar-refractivity contribution is 5.77. The van der Waals surface area contributed by atoms with Crippen LogP contribution in [0.5, 0.6) is 0 Å². The van der Waals surface area contributed by atoms with Gasteiger partial charge in [0.1, 0.15) is 0 Å². The summed E-state index contributed by atoms with van der Waals surface area (Å²) < 4.78 is 5.27. The highest BCUT2D eigenvalue weighted by Gasteiger charge is 2.14. The largest absolute Gasteiger partial charge is 0.381 e. The van der Waals surface area contributed by atoms with Crippen molar-refractivity contribution in [3.63, 3.8) is 0 Å². The van der Waals surface area contributed by atoms with Gasteiger partial charge in [-0.2, -0.15) is 0 Å². The van der Waals surface area contributed by atoms with Crippen molar-refractivity contribution in [2.45, 2.75) is 19.8 Å². The van der Waals surface area contributed by atoms with E-state index in [2.05, 4.69) is 10.6 Å². The quantitative estimate of drug-likeness (QED) is 0.600. The second-order valence-electron chi connectivity index (χ2n) is 3.65. The molecule has 1 rings (SSSR count). The molecule has 2 N–H and O–H groups in total. The van der Waals surface area contributed by atoms with Crippen molar-refractivity contribution in [2.75, 3.05) is 32.8 Å². The number of likely N-dealkylation sites (N-methyl/N-ethyl adjacent to an activating group) is 1. The van der Waals surface area contributed by atoms with Crippen molar-refractivity contribution < 1.29 is 9.53 Å². The summed E-state index contributed by atoms with van der Waals surface area (Å²) in [7, 11) is 0. The van der Waals surface area contributed by atoms with Crippen molar-refractivity contribution in [1.82, 2.24) is 10.6 Å². The number of carbonyl (C=O) groups is 1. The summed E-state index contributed by atoms with van der Waals surface area (Å²) in [6, 6.07) is 0. The predicted octanol–water partition coefficient (Wildman–Crippen LogP) is 0.139. The number of nitrogens with one attached hydrogen (secondary N) is 2. The van der Waals surface area contributed by atoms with Crippen molar-refractivity contribution >= 4 is 5.91 Å². The van der Waals surface area contributed by atoms with E-state index in [4.69, 9.17) is 4.74 Å². The molecule has 82 valence electrons. The number of rotatable bonds is 6. The van der Waals surface area contributed by atoms with Crippen molar-refractivity contribution in [1.29, 1.82) is 0 Å². The van der Waals surface area contributed by atoms with Crippen LogP contribution >= 0.6 is 0 Å². The summed E-state index contributed by atoms with van der Waals surface area (Å²) in [6.45, 7) is 5.77. The molecule has 1 aliphatic heterocycles. The van der Waals surface area contributed by atoms with Gasteiger partial charge in [-0.25, -0.2) is 0 Å². The molecule has 1 atom stereocenters. The summed E-state index contributed by atoms with van der Waals surface area (Å²) in [4.78, 5) is 11.0. The molecule has 1 fully saturated rings. The van der Waals surface area contributed by atoms with Crippen LogP contribution in [0.4, 0.5) is 0 Å². The van der Waals surface area contributed by atoms with Crippen molar-refractivity contribution in [3.05, 3.63) is 0 Å². The summed E-state index contributed by atoms with van der Waals surface area (Å²) in [5.74, 6) is 0.770. The number of amides is 1. The number of hydrogen-bond donors (Lipinski definition) is 2. The number of ether oxygens (including phenoxy) is 1. The van der Waals surface area contributed by atoms with E-state index >= 15 is 0 Å². The minimum atomic E-state index is 0.0789.